The van der Waals surface area contributed by atoms with Crippen LogP contribution in [0.15, 0.2) is 24.3 Å². The lowest BCUT2D eigenvalue weighted by atomic mass is 10.00. The van der Waals surface area contributed by atoms with Crippen molar-refractivity contribution in [3.63, 3.8) is 0 Å². The van der Waals surface area contributed by atoms with E-state index in [2.05, 4.69) is 6.92 Å². The lowest BCUT2D eigenvalue weighted by Gasteiger charge is -2.04. The lowest BCUT2D eigenvalue weighted by Crippen LogP contribution is -2.07. The molecular weight excluding hydrogens is 220 g/mol. The van der Waals surface area contributed by atoms with Gasteiger partial charge in [-0.1, -0.05) is 82.6 Å². The minimum atomic E-state index is 0.0824. The van der Waals surface area contributed by atoms with Gasteiger partial charge in [0.1, 0.15) is 5.78 Å². The van der Waals surface area contributed by atoms with Gasteiger partial charge in [0, 0.05) is 6.42 Å². The Morgan fingerprint density at radius 2 is 1.33 bits per heavy atom. The molecule has 102 valence electrons. The molecule has 0 saturated heterocycles. The minimum Gasteiger partial charge on any atom is -0.299 e. The van der Waals surface area contributed by atoms with Gasteiger partial charge >= 0.3 is 0 Å². The molecule has 1 rings (SSSR count). The summed E-state index contributed by atoms with van der Waals surface area (Å²) in [6, 6.07) is 0. The summed E-state index contributed by atoms with van der Waals surface area (Å²) in [7, 11) is 0. The van der Waals surface area contributed by atoms with Gasteiger partial charge in [-0.05, 0) is 6.42 Å². The molecule has 1 aliphatic carbocycles. The molecule has 1 aliphatic rings. The normalized spacial score (nSPS) is 14.5. The summed E-state index contributed by atoms with van der Waals surface area (Å²) in [5.41, 5.74) is 0. The van der Waals surface area contributed by atoms with Crippen molar-refractivity contribution < 1.29 is 4.79 Å². The number of rotatable bonds is 11. The van der Waals surface area contributed by atoms with Gasteiger partial charge in [0.05, 0.1) is 5.92 Å². The first-order chi connectivity index (χ1) is 8.84. The van der Waals surface area contributed by atoms with Crippen LogP contribution in [0.2, 0.25) is 0 Å². The highest BCUT2D eigenvalue weighted by atomic mass is 16.1. The Morgan fingerprint density at radius 1 is 0.833 bits per heavy atom. The van der Waals surface area contributed by atoms with Crippen LogP contribution in [-0.4, -0.2) is 5.78 Å². The van der Waals surface area contributed by atoms with E-state index in [1.54, 1.807) is 0 Å². The number of hydrogen-bond acceptors (Lipinski definition) is 1. The van der Waals surface area contributed by atoms with E-state index >= 15 is 0 Å². The van der Waals surface area contributed by atoms with Crippen molar-refractivity contribution >= 4 is 5.78 Å². The molecule has 0 radical (unpaired) electrons. The van der Waals surface area contributed by atoms with Gasteiger partial charge in [-0.25, -0.2) is 0 Å². The Balaban J connectivity index is 1.85. The van der Waals surface area contributed by atoms with Gasteiger partial charge in [0.25, 0.3) is 0 Å². The first-order valence-corrected chi connectivity index (χ1v) is 7.72. The van der Waals surface area contributed by atoms with Crippen molar-refractivity contribution in [1.82, 2.24) is 0 Å². The van der Waals surface area contributed by atoms with Gasteiger partial charge in [-0.15, -0.1) is 0 Å². The number of allylic oxidation sites excluding steroid dienone is 4. The maximum Gasteiger partial charge on any atom is 0.143 e. The summed E-state index contributed by atoms with van der Waals surface area (Å²) in [4.78, 5) is 11.7. The fraction of sp³-hybridized carbons (Fsp3) is 0.706. The Kier molecular flexibility index (Phi) is 8.54. The van der Waals surface area contributed by atoms with Crippen LogP contribution in [0.3, 0.4) is 0 Å². The van der Waals surface area contributed by atoms with E-state index in [1.165, 1.54) is 51.4 Å². The topological polar surface area (TPSA) is 17.1 Å². The molecule has 0 fully saturated rings. The Hall–Kier alpha value is -0.850. The Labute approximate surface area is 112 Å². The second kappa shape index (κ2) is 10.1. The molecule has 0 bridgehead atoms. The van der Waals surface area contributed by atoms with Crippen LogP contribution in [0, 0.1) is 5.92 Å². The zero-order valence-corrected chi connectivity index (χ0v) is 11.9. The predicted molar refractivity (Wildman–Crippen MR) is 78.6 cm³/mol. The summed E-state index contributed by atoms with van der Waals surface area (Å²) in [5, 5.41) is 0. The highest BCUT2D eigenvalue weighted by Gasteiger charge is 2.12. The predicted octanol–water partition coefficient (Wildman–Crippen LogP) is 5.22. The van der Waals surface area contributed by atoms with Gasteiger partial charge in [0.2, 0.25) is 0 Å². The molecule has 0 aromatic carbocycles. The third kappa shape index (κ3) is 6.78. The largest absolute Gasteiger partial charge is 0.299 e. The second-order valence-electron chi connectivity index (χ2n) is 5.34. The third-order valence-electron chi connectivity index (χ3n) is 3.65. The number of ketones is 1. The van der Waals surface area contributed by atoms with Crippen molar-refractivity contribution in [3.8, 4) is 0 Å². The van der Waals surface area contributed by atoms with Crippen molar-refractivity contribution in [2.75, 3.05) is 0 Å². The molecule has 0 aromatic rings. The van der Waals surface area contributed by atoms with Crippen LogP contribution < -0.4 is 0 Å². The quantitative estimate of drug-likeness (QED) is 0.458. The zero-order valence-electron chi connectivity index (χ0n) is 11.9. The molecule has 0 amide bonds. The van der Waals surface area contributed by atoms with Gasteiger partial charge in [-0.2, -0.15) is 0 Å². The van der Waals surface area contributed by atoms with Crippen LogP contribution >= 0.6 is 0 Å². The second-order valence-corrected chi connectivity index (χ2v) is 5.34. The number of carbonyl (C=O) groups is 1. The molecular formula is C17H28O. The summed E-state index contributed by atoms with van der Waals surface area (Å²) >= 11 is 0. The first-order valence-electron chi connectivity index (χ1n) is 7.72. The molecule has 0 N–H and O–H groups in total. The fourth-order valence-corrected chi connectivity index (χ4v) is 2.42. The monoisotopic (exact) mass is 248 g/mol. The van der Waals surface area contributed by atoms with Gasteiger partial charge < -0.3 is 0 Å². The van der Waals surface area contributed by atoms with Crippen molar-refractivity contribution in [2.24, 2.45) is 5.92 Å². The molecule has 1 nitrogen and oxygen atoms in total. The first kappa shape index (κ1) is 15.2. The van der Waals surface area contributed by atoms with Crippen LogP contribution in [0.1, 0.15) is 71.1 Å². The molecule has 0 saturated carbocycles. The average molecular weight is 248 g/mol. The average Bonchev–Trinajstić information content (AvgIpc) is 2.90. The van der Waals surface area contributed by atoms with Gasteiger partial charge in [0.15, 0.2) is 0 Å². The molecule has 1 heteroatoms. The van der Waals surface area contributed by atoms with Crippen LogP contribution in [0.4, 0.5) is 0 Å². The molecule has 18 heavy (non-hydrogen) atoms. The standard InChI is InChI=1S/C17H28O/c1-2-3-4-5-6-7-8-9-10-15-17(18)16-13-11-12-14-16/h11-14,16H,2-10,15H2,1H3. The van der Waals surface area contributed by atoms with Gasteiger partial charge in [-0.3, -0.25) is 4.79 Å². The van der Waals surface area contributed by atoms with E-state index in [0.29, 0.717) is 5.78 Å². The number of carbonyl (C=O) groups excluding carboxylic acids is 1. The number of hydrogen-bond donors (Lipinski definition) is 0. The van der Waals surface area contributed by atoms with Crippen LogP contribution in [-0.2, 0) is 4.79 Å². The van der Waals surface area contributed by atoms with Crippen molar-refractivity contribution in [1.29, 1.82) is 0 Å². The Morgan fingerprint density at radius 3 is 1.89 bits per heavy atom. The number of Topliss-reactive ketones (excluding diaryl/α,β-unsaturated/α-hetero) is 1. The van der Waals surface area contributed by atoms with Crippen LogP contribution in [0.5, 0.6) is 0 Å². The van der Waals surface area contributed by atoms with E-state index in [4.69, 9.17) is 0 Å². The van der Waals surface area contributed by atoms with E-state index in [1.807, 2.05) is 24.3 Å². The van der Waals surface area contributed by atoms with E-state index in [-0.39, 0.29) is 5.92 Å². The smallest absolute Gasteiger partial charge is 0.143 e. The van der Waals surface area contributed by atoms with E-state index in [0.717, 1.165) is 12.8 Å². The fourth-order valence-electron chi connectivity index (χ4n) is 2.42. The van der Waals surface area contributed by atoms with E-state index < -0.39 is 0 Å². The minimum absolute atomic E-state index is 0.0824. The molecule has 0 aromatic heterocycles. The summed E-state index contributed by atoms with van der Waals surface area (Å²) in [5.74, 6) is 0.474. The summed E-state index contributed by atoms with van der Waals surface area (Å²) in [6.07, 6.45) is 20.5. The summed E-state index contributed by atoms with van der Waals surface area (Å²) in [6.45, 7) is 2.26. The number of unbranched alkanes of at least 4 members (excludes halogenated alkanes) is 8. The molecule has 0 spiro atoms. The molecule has 0 atom stereocenters. The van der Waals surface area contributed by atoms with Crippen molar-refractivity contribution in [3.05, 3.63) is 24.3 Å². The van der Waals surface area contributed by atoms with Crippen LogP contribution in [0.25, 0.3) is 0 Å². The zero-order chi connectivity index (χ0) is 13.1. The molecule has 0 heterocycles. The van der Waals surface area contributed by atoms with E-state index in [9.17, 15) is 4.79 Å². The maximum atomic E-state index is 11.7. The molecule has 0 aliphatic heterocycles. The highest BCUT2D eigenvalue weighted by molar-refractivity contribution is 5.85. The lowest BCUT2D eigenvalue weighted by molar-refractivity contribution is -0.120. The molecule has 0 unspecified atom stereocenters. The SMILES string of the molecule is CCCCCCCCCCCC(=O)C1C=CC=C1. The highest BCUT2D eigenvalue weighted by Crippen LogP contribution is 2.15. The maximum absolute atomic E-state index is 11.7. The Bertz CT molecular complexity index is 263. The summed E-state index contributed by atoms with van der Waals surface area (Å²) < 4.78 is 0. The third-order valence-corrected chi connectivity index (χ3v) is 3.65. The van der Waals surface area contributed by atoms with Crippen molar-refractivity contribution in [2.45, 2.75) is 71.1 Å².